The number of likely N-dealkylation sites (N-methyl/N-ethyl adjacent to an activating group) is 1. The van der Waals surface area contributed by atoms with Crippen LogP contribution >= 0.6 is 11.6 Å². The Morgan fingerprint density at radius 1 is 1.24 bits per heavy atom. The molecule has 2 rings (SSSR count). The van der Waals surface area contributed by atoms with Gasteiger partial charge in [-0.3, -0.25) is 4.79 Å². The molecule has 0 fully saturated rings. The molecule has 0 radical (unpaired) electrons. The average molecular weight is 450 g/mol. The van der Waals surface area contributed by atoms with Crippen LogP contribution in [0.25, 0.3) is 0 Å². The van der Waals surface area contributed by atoms with Gasteiger partial charge in [-0.2, -0.15) is 22.7 Å². The smallest absolute Gasteiger partial charge is 0.325 e. The van der Waals surface area contributed by atoms with Gasteiger partial charge in [0.2, 0.25) is 15.9 Å². The Hall–Kier alpha value is -2.68. The second-order valence-corrected chi connectivity index (χ2v) is 8.21. The SMILES string of the molecule is CN(CC(=O)Nc1ccc(Cl)c(C(F)(F)F)c1)S(=O)(=O)c1ccc(F)c(C#N)c1. The molecule has 0 saturated heterocycles. The number of hydrogen-bond acceptors (Lipinski definition) is 4. The lowest BCUT2D eigenvalue weighted by Crippen LogP contribution is -2.35. The van der Waals surface area contributed by atoms with Gasteiger partial charge in [0, 0.05) is 12.7 Å². The molecular weight excluding hydrogens is 438 g/mol. The van der Waals surface area contributed by atoms with Gasteiger partial charge in [0.25, 0.3) is 0 Å². The molecule has 0 heterocycles. The summed E-state index contributed by atoms with van der Waals surface area (Å²) >= 11 is 5.50. The van der Waals surface area contributed by atoms with E-state index in [9.17, 15) is 30.8 Å². The lowest BCUT2D eigenvalue weighted by Gasteiger charge is -2.17. The van der Waals surface area contributed by atoms with E-state index in [1.807, 2.05) is 0 Å². The summed E-state index contributed by atoms with van der Waals surface area (Å²) in [6, 6.07) is 6.73. The number of carbonyl (C=O) groups excluding carboxylic acids is 1. The molecule has 0 bridgehead atoms. The molecule has 0 saturated carbocycles. The molecule has 2 aromatic rings. The van der Waals surface area contributed by atoms with Crippen molar-refractivity contribution >= 4 is 33.2 Å². The first-order chi connectivity index (χ1) is 13.4. The highest BCUT2D eigenvalue weighted by atomic mass is 35.5. The van der Waals surface area contributed by atoms with Gasteiger partial charge in [0.1, 0.15) is 11.9 Å². The fraction of sp³-hybridized carbons (Fsp3) is 0.176. The number of anilines is 1. The van der Waals surface area contributed by atoms with Crippen LogP contribution in [0.3, 0.4) is 0 Å². The van der Waals surface area contributed by atoms with Gasteiger partial charge in [-0.15, -0.1) is 0 Å². The maximum absolute atomic E-state index is 13.4. The Morgan fingerprint density at radius 2 is 1.90 bits per heavy atom. The van der Waals surface area contributed by atoms with Crippen LogP contribution in [0.1, 0.15) is 11.1 Å². The van der Waals surface area contributed by atoms with Gasteiger partial charge in [0.05, 0.1) is 27.6 Å². The Morgan fingerprint density at radius 3 is 2.48 bits per heavy atom. The quantitative estimate of drug-likeness (QED) is 0.706. The van der Waals surface area contributed by atoms with Crippen LogP contribution in [0.5, 0.6) is 0 Å². The third-order valence-electron chi connectivity index (χ3n) is 3.69. The van der Waals surface area contributed by atoms with Crippen molar-refractivity contribution in [3.63, 3.8) is 0 Å². The van der Waals surface area contributed by atoms with Crippen LogP contribution in [-0.4, -0.2) is 32.2 Å². The Labute approximate surface area is 168 Å². The molecule has 12 heteroatoms. The van der Waals surface area contributed by atoms with Crippen molar-refractivity contribution < 1.29 is 30.8 Å². The molecule has 1 amide bonds. The minimum Gasteiger partial charge on any atom is -0.325 e. The van der Waals surface area contributed by atoms with E-state index in [1.165, 1.54) is 6.07 Å². The average Bonchev–Trinajstić information content (AvgIpc) is 2.62. The Bertz CT molecular complexity index is 1100. The fourth-order valence-electron chi connectivity index (χ4n) is 2.24. The molecule has 0 unspecified atom stereocenters. The summed E-state index contributed by atoms with van der Waals surface area (Å²) < 4.78 is 77.6. The number of carbonyl (C=O) groups is 1. The summed E-state index contributed by atoms with van der Waals surface area (Å²) in [5, 5.41) is 10.4. The summed E-state index contributed by atoms with van der Waals surface area (Å²) in [5.41, 5.74) is -1.89. The standard InChI is InChI=1S/C17H12ClF4N3O3S/c1-25(29(27,28)12-3-5-15(19)10(6-12)8-23)9-16(26)24-11-2-4-14(18)13(7-11)17(20,21)22/h2-7H,9H2,1H3,(H,24,26). The number of benzene rings is 2. The van der Waals surface area contributed by atoms with Crippen LogP contribution in [-0.2, 0) is 21.0 Å². The number of nitrogens with one attached hydrogen (secondary N) is 1. The first-order valence-corrected chi connectivity index (χ1v) is 9.50. The zero-order valence-corrected chi connectivity index (χ0v) is 16.2. The van der Waals surface area contributed by atoms with E-state index in [0.29, 0.717) is 10.4 Å². The maximum atomic E-state index is 13.4. The number of nitrogens with zero attached hydrogens (tertiary/aromatic N) is 2. The Balaban J connectivity index is 2.18. The topological polar surface area (TPSA) is 90.3 Å². The van der Waals surface area contributed by atoms with E-state index < -0.39 is 55.5 Å². The summed E-state index contributed by atoms with van der Waals surface area (Å²) in [6.45, 7) is -0.744. The lowest BCUT2D eigenvalue weighted by atomic mass is 10.2. The number of sulfonamides is 1. The molecule has 0 aliphatic rings. The predicted octanol–water partition coefficient (Wildman–Crippen LogP) is 3.63. The van der Waals surface area contributed by atoms with Crippen molar-refractivity contribution in [3.8, 4) is 6.07 Å². The number of nitriles is 1. The Kier molecular flexibility index (Phi) is 6.52. The van der Waals surface area contributed by atoms with E-state index in [0.717, 1.165) is 37.4 Å². The van der Waals surface area contributed by atoms with Crippen molar-refractivity contribution in [2.45, 2.75) is 11.1 Å². The summed E-state index contributed by atoms with van der Waals surface area (Å²) in [4.78, 5) is 11.7. The molecule has 29 heavy (non-hydrogen) atoms. The highest BCUT2D eigenvalue weighted by Gasteiger charge is 2.33. The zero-order valence-electron chi connectivity index (χ0n) is 14.6. The molecule has 0 aromatic heterocycles. The van der Waals surface area contributed by atoms with Gasteiger partial charge in [0.15, 0.2) is 0 Å². The fourth-order valence-corrected chi connectivity index (χ4v) is 3.62. The van der Waals surface area contributed by atoms with E-state index >= 15 is 0 Å². The summed E-state index contributed by atoms with van der Waals surface area (Å²) in [6.07, 6.45) is -4.74. The van der Waals surface area contributed by atoms with E-state index in [2.05, 4.69) is 5.32 Å². The summed E-state index contributed by atoms with van der Waals surface area (Å²) in [5.74, 6) is -1.83. The molecule has 1 N–H and O–H groups in total. The van der Waals surface area contributed by atoms with Crippen molar-refractivity contribution in [1.29, 1.82) is 5.26 Å². The highest BCUT2D eigenvalue weighted by molar-refractivity contribution is 7.89. The first-order valence-electron chi connectivity index (χ1n) is 7.69. The monoisotopic (exact) mass is 449 g/mol. The second-order valence-electron chi connectivity index (χ2n) is 5.76. The zero-order chi connectivity index (χ0) is 22.0. The third-order valence-corrected chi connectivity index (χ3v) is 5.82. The van der Waals surface area contributed by atoms with E-state index in [-0.39, 0.29) is 5.69 Å². The number of hydrogen-bond donors (Lipinski definition) is 1. The molecule has 2 aromatic carbocycles. The number of rotatable bonds is 5. The molecule has 0 spiro atoms. The van der Waals surface area contributed by atoms with Gasteiger partial charge < -0.3 is 5.32 Å². The number of halogens is 5. The molecule has 6 nitrogen and oxygen atoms in total. The molecule has 154 valence electrons. The molecular formula is C17H12ClF4N3O3S. The van der Waals surface area contributed by atoms with Crippen molar-refractivity contribution in [2.75, 3.05) is 18.9 Å². The predicted molar refractivity (Wildman–Crippen MR) is 96.0 cm³/mol. The normalized spacial score (nSPS) is 11.9. The number of amides is 1. The molecule has 0 aliphatic carbocycles. The van der Waals surface area contributed by atoms with Crippen LogP contribution in [0.15, 0.2) is 41.3 Å². The minimum absolute atomic E-state index is 0.230. The van der Waals surface area contributed by atoms with Gasteiger partial charge >= 0.3 is 6.18 Å². The highest BCUT2D eigenvalue weighted by Crippen LogP contribution is 2.36. The van der Waals surface area contributed by atoms with Gasteiger partial charge in [-0.05, 0) is 36.4 Å². The van der Waals surface area contributed by atoms with Gasteiger partial charge in [-0.1, -0.05) is 11.6 Å². The van der Waals surface area contributed by atoms with Crippen molar-refractivity contribution in [3.05, 3.63) is 58.4 Å². The van der Waals surface area contributed by atoms with Crippen LogP contribution in [0.4, 0.5) is 23.2 Å². The van der Waals surface area contributed by atoms with Crippen LogP contribution in [0, 0.1) is 17.1 Å². The van der Waals surface area contributed by atoms with E-state index in [4.69, 9.17) is 16.9 Å². The largest absolute Gasteiger partial charge is 0.417 e. The van der Waals surface area contributed by atoms with Crippen molar-refractivity contribution in [2.24, 2.45) is 0 Å². The second kappa shape index (κ2) is 8.36. The van der Waals surface area contributed by atoms with Crippen LogP contribution < -0.4 is 5.32 Å². The van der Waals surface area contributed by atoms with Gasteiger partial charge in [-0.25, -0.2) is 12.8 Å². The number of alkyl halides is 3. The van der Waals surface area contributed by atoms with E-state index in [1.54, 1.807) is 0 Å². The molecule has 0 aliphatic heterocycles. The summed E-state index contributed by atoms with van der Waals surface area (Å²) in [7, 11) is -3.21. The lowest BCUT2D eigenvalue weighted by molar-refractivity contribution is -0.137. The third kappa shape index (κ3) is 5.23. The maximum Gasteiger partial charge on any atom is 0.417 e. The minimum atomic E-state index is -4.74. The van der Waals surface area contributed by atoms with Crippen molar-refractivity contribution in [1.82, 2.24) is 4.31 Å². The first kappa shape index (κ1) is 22.6. The van der Waals surface area contributed by atoms with Crippen LogP contribution in [0.2, 0.25) is 5.02 Å². The molecule has 0 atom stereocenters.